The van der Waals surface area contributed by atoms with Gasteiger partial charge in [0.15, 0.2) is 25.2 Å². The number of aliphatic hydroxyl groups is 12. The fourth-order valence-electron chi connectivity index (χ4n) is 6.34. The fourth-order valence-corrected chi connectivity index (χ4v) is 6.34. The van der Waals surface area contributed by atoms with Gasteiger partial charge in [0.2, 0.25) is 11.8 Å². The number of carbonyl (C=O) groups is 2. The minimum Gasteiger partial charge on any atom is -0.394 e. The van der Waals surface area contributed by atoms with Crippen LogP contribution in [0.15, 0.2) is 0 Å². The van der Waals surface area contributed by atoms with Crippen LogP contribution in [-0.4, -0.2) is 222 Å². The molecule has 0 aromatic rings. The van der Waals surface area contributed by atoms with E-state index in [9.17, 15) is 70.9 Å². The third-order valence-electron chi connectivity index (χ3n) is 9.01. The quantitative estimate of drug-likeness (QED) is 0.0881. The molecule has 0 aliphatic carbocycles. The van der Waals surface area contributed by atoms with Crippen molar-refractivity contribution < 1.29 is 104 Å². The lowest BCUT2D eigenvalue weighted by molar-refractivity contribution is -0.377. The summed E-state index contributed by atoms with van der Waals surface area (Å²) in [5.41, 5.74) is 0. The van der Waals surface area contributed by atoms with Crippen LogP contribution in [-0.2, 0) is 42.7 Å². The molecule has 0 unspecified atom stereocenters. The van der Waals surface area contributed by atoms with Gasteiger partial charge in [0.05, 0.1) is 26.4 Å². The smallest absolute Gasteiger partial charge is 0.217 e. The van der Waals surface area contributed by atoms with Crippen molar-refractivity contribution in [3.8, 4) is 0 Å². The SMILES string of the molecule is CC(=O)N[C@@H]1[C@@H](O[C@@H]2O[C@H](CO)[C@@H](O)[C@H](O[C@@H]3O[C@H](CO)[C@H](O)[C@H](O[C@H]4O[C@H](CO)[C@H](O)[C@H](O)[C@H]4O)[C@H]3O)[C@H]2NC(C)=O)[C@@H](O)[C@@H](CO)O[C@H]1O. The summed E-state index contributed by atoms with van der Waals surface area (Å²) >= 11 is 0. The Morgan fingerprint density at radius 2 is 0.843 bits per heavy atom. The molecule has 296 valence electrons. The minimum atomic E-state index is -2.07. The average Bonchev–Trinajstić information content (AvgIpc) is 3.08. The van der Waals surface area contributed by atoms with Gasteiger partial charge in [-0.3, -0.25) is 9.59 Å². The van der Waals surface area contributed by atoms with Crippen LogP contribution in [0, 0.1) is 0 Å². The van der Waals surface area contributed by atoms with Gasteiger partial charge in [-0.05, 0) is 0 Å². The molecule has 4 heterocycles. The molecule has 4 fully saturated rings. The standard InChI is InChI=1S/C28H48N2O21/c1-7(35)29-13-22(16(38)10(4-32)45-25(13)44)49-26-14(30-8(2)36)23(17(39)11(5-33)46-26)50-28-21(43)24(18(40)12(6-34)48-28)51-27-20(42)19(41)15(37)9(3-31)47-27/h9-28,31-34,37-44H,3-6H2,1-2H3,(H,29,35)(H,30,36)/t9-,10-,11-,12-,13-,14-,15+,16+,17-,18+,19+,20-,21-,22-,23-,24+,25-,26+,27-,28+/m1/s1. The first kappa shape index (κ1) is 41.9. The summed E-state index contributed by atoms with van der Waals surface area (Å²) < 4.78 is 39.2. The van der Waals surface area contributed by atoms with E-state index < -0.39 is 161 Å². The van der Waals surface area contributed by atoms with E-state index in [1.54, 1.807) is 0 Å². The number of amides is 2. The van der Waals surface area contributed by atoms with Gasteiger partial charge >= 0.3 is 0 Å². The number of hydrogen-bond acceptors (Lipinski definition) is 21. The zero-order valence-electron chi connectivity index (χ0n) is 27.4. The average molecular weight is 749 g/mol. The molecule has 2 amide bonds. The Labute approximate surface area is 289 Å². The van der Waals surface area contributed by atoms with Crippen molar-refractivity contribution in [3.05, 3.63) is 0 Å². The zero-order chi connectivity index (χ0) is 37.9. The molecule has 20 atom stereocenters. The van der Waals surface area contributed by atoms with Crippen LogP contribution < -0.4 is 10.6 Å². The fraction of sp³-hybridized carbons (Fsp3) is 0.929. The van der Waals surface area contributed by atoms with E-state index in [1.165, 1.54) is 0 Å². The molecule has 4 aliphatic heterocycles. The maximum atomic E-state index is 12.4. The van der Waals surface area contributed by atoms with Crippen molar-refractivity contribution in [3.63, 3.8) is 0 Å². The summed E-state index contributed by atoms with van der Waals surface area (Å²) in [5, 5.41) is 130. The molecule has 14 N–H and O–H groups in total. The van der Waals surface area contributed by atoms with Crippen LogP contribution >= 0.6 is 0 Å². The number of aliphatic hydroxyl groups excluding tert-OH is 12. The van der Waals surface area contributed by atoms with Crippen molar-refractivity contribution in [1.82, 2.24) is 10.6 Å². The minimum absolute atomic E-state index is 0.691. The first-order valence-electron chi connectivity index (χ1n) is 16.1. The highest BCUT2D eigenvalue weighted by Gasteiger charge is 2.56. The predicted molar refractivity (Wildman–Crippen MR) is 157 cm³/mol. The highest BCUT2D eigenvalue weighted by atomic mass is 16.8. The summed E-state index contributed by atoms with van der Waals surface area (Å²) in [6, 6.07) is -3.10. The van der Waals surface area contributed by atoms with Crippen molar-refractivity contribution >= 4 is 11.8 Å². The first-order valence-corrected chi connectivity index (χ1v) is 16.1. The summed E-state index contributed by atoms with van der Waals surface area (Å²) in [7, 11) is 0. The highest BCUT2D eigenvalue weighted by Crippen LogP contribution is 2.34. The van der Waals surface area contributed by atoms with Crippen molar-refractivity contribution in [2.24, 2.45) is 0 Å². The summed E-state index contributed by atoms with van der Waals surface area (Å²) in [6.45, 7) is -1.31. The Bertz CT molecular complexity index is 1140. The third kappa shape index (κ3) is 9.11. The lowest BCUT2D eigenvalue weighted by Crippen LogP contribution is -2.71. The molecular formula is C28H48N2O21. The molecule has 23 nitrogen and oxygen atoms in total. The Hall–Kier alpha value is -1.82. The molecule has 0 aromatic carbocycles. The van der Waals surface area contributed by atoms with Gasteiger partial charge < -0.3 is 105 Å². The lowest BCUT2D eigenvalue weighted by atomic mass is 9.93. The Kier molecular flexibility index (Phi) is 14.8. The molecule has 0 bridgehead atoms. The van der Waals surface area contributed by atoms with E-state index >= 15 is 0 Å². The van der Waals surface area contributed by atoms with E-state index in [1.807, 2.05) is 0 Å². The number of rotatable bonds is 12. The second-order valence-corrected chi connectivity index (χ2v) is 12.6. The van der Waals surface area contributed by atoms with E-state index in [0.717, 1.165) is 13.8 Å². The van der Waals surface area contributed by atoms with Gasteiger partial charge in [0.25, 0.3) is 0 Å². The van der Waals surface area contributed by atoms with Gasteiger partial charge in [0.1, 0.15) is 97.5 Å². The third-order valence-corrected chi connectivity index (χ3v) is 9.01. The maximum absolute atomic E-state index is 12.4. The summed E-state index contributed by atoms with van der Waals surface area (Å²) in [4.78, 5) is 24.3. The Morgan fingerprint density at radius 3 is 1.35 bits per heavy atom. The molecule has 4 aliphatic rings. The van der Waals surface area contributed by atoms with E-state index in [0.29, 0.717) is 0 Å². The van der Waals surface area contributed by atoms with Crippen LogP contribution in [0.25, 0.3) is 0 Å². The lowest BCUT2D eigenvalue weighted by Gasteiger charge is -2.50. The van der Waals surface area contributed by atoms with Gasteiger partial charge in [-0.15, -0.1) is 0 Å². The van der Waals surface area contributed by atoms with Gasteiger partial charge in [0, 0.05) is 13.8 Å². The van der Waals surface area contributed by atoms with E-state index in [4.69, 9.17) is 33.2 Å². The first-order chi connectivity index (χ1) is 24.1. The summed E-state index contributed by atoms with van der Waals surface area (Å²) in [5.74, 6) is -1.46. The summed E-state index contributed by atoms with van der Waals surface area (Å²) in [6.07, 6.45) is -31.9. The molecule has 23 heteroatoms. The van der Waals surface area contributed by atoms with Crippen LogP contribution in [0.5, 0.6) is 0 Å². The van der Waals surface area contributed by atoms with Gasteiger partial charge in [-0.2, -0.15) is 0 Å². The zero-order valence-corrected chi connectivity index (χ0v) is 27.4. The predicted octanol–water partition coefficient (Wildman–Crippen LogP) is -9.46. The second-order valence-electron chi connectivity index (χ2n) is 12.6. The monoisotopic (exact) mass is 748 g/mol. The number of carbonyl (C=O) groups excluding carboxylic acids is 2. The Balaban J connectivity index is 1.64. The van der Waals surface area contributed by atoms with Gasteiger partial charge in [-0.1, -0.05) is 0 Å². The molecular weight excluding hydrogens is 700 g/mol. The van der Waals surface area contributed by atoms with Crippen molar-refractivity contribution in [1.29, 1.82) is 0 Å². The number of nitrogens with one attached hydrogen (secondary N) is 2. The number of ether oxygens (including phenoxy) is 7. The molecule has 0 spiro atoms. The highest BCUT2D eigenvalue weighted by molar-refractivity contribution is 5.73. The molecule has 0 radical (unpaired) electrons. The van der Waals surface area contributed by atoms with E-state index in [-0.39, 0.29) is 0 Å². The van der Waals surface area contributed by atoms with Crippen LogP contribution in [0.4, 0.5) is 0 Å². The molecule has 0 saturated carbocycles. The van der Waals surface area contributed by atoms with Crippen LogP contribution in [0.1, 0.15) is 13.8 Å². The van der Waals surface area contributed by atoms with Crippen molar-refractivity contribution in [2.45, 2.75) is 137 Å². The largest absolute Gasteiger partial charge is 0.394 e. The number of hydrogen-bond donors (Lipinski definition) is 14. The van der Waals surface area contributed by atoms with Gasteiger partial charge in [-0.25, -0.2) is 0 Å². The molecule has 4 rings (SSSR count). The Morgan fingerprint density at radius 1 is 0.471 bits per heavy atom. The normalized spacial score (nSPS) is 47.8. The van der Waals surface area contributed by atoms with Crippen LogP contribution in [0.3, 0.4) is 0 Å². The van der Waals surface area contributed by atoms with Crippen molar-refractivity contribution in [2.75, 3.05) is 26.4 Å². The molecule has 51 heavy (non-hydrogen) atoms. The topological polar surface area (TPSA) is 366 Å². The molecule has 4 saturated heterocycles. The molecule has 0 aromatic heterocycles. The van der Waals surface area contributed by atoms with E-state index in [2.05, 4.69) is 10.6 Å². The van der Waals surface area contributed by atoms with Crippen LogP contribution in [0.2, 0.25) is 0 Å². The maximum Gasteiger partial charge on any atom is 0.217 e. The second kappa shape index (κ2) is 18.0.